The van der Waals surface area contributed by atoms with Crippen LogP contribution in [0.4, 0.5) is 5.69 Å². The third-order valence-corrected chi connectivity index (χ3v) is 6.09. The normalized spacial score (nSPS) is 22.2. The second kappa shape index (κ2) is 6.51. The first-order chi connectivity index (χ1) is 12.3. The number of nitrogen functional groups attached to an aromatic ring is 1. The van der Waals surface area contributed by atoms with Gasteiger partial charge < -0.3 is 5.73 Å². The maximum absolute atomic E-state index is 11.1. The molecule has 2 N–H and O–H groups in total. The summed E-state index contributed by atoms with van der Waals surface area (Å²) >= 11 is 6.10. The van der Waals surface area contributed by atoms with E-state index >= 15 is 0 Å². The van der Waals surface area contributed by atoms with Crippen molar-refractivity contribution in [1.82, 2.24) is 4.98 Å². The molecular formula is C19H21ClN2O3S. The van der Waals surface area contributed by atoms with Crippen LogP contribution >= 0.6 is 11.6 Å². The van der Waals surface area contributed by atoms with Gasteiger partial charge in [0.05, 0.1) is 18.4 Å². The third-order valence-electron chi connectivity index (χ3n) is 5.26. The largest absolute Gasteiger partial charge is 0.398 e. The SMILES string of the molecule is CS(=O)(=O)OCCC1=CC2Cc3nc4cc(Cl)ccc4c(N)c3C(C1)C2. The lowest BCUT2D eigenvalue weighted by Crippen LogP contribution is -2.25. The Bertz CT molecular complexity index is 1020. The van der Waals surface area contributed by atoms with Crippen LogP contribution in [0.2, 0.25) is 5.02 Å². The lowest BCUT2D eigenvalue weighted by Gasteiger charge is -2.36. The zero-order valence-electron chi connectivity index (χ0n) is 14.5. The van der Waals surface area contributed by atoms with Crippen molar-refractivity contribution in [2.75, 3.05) is 18.6 Å². The molecule has 0 fully saturated rings. The van der Waals surface area contributed by atoms with E-state index < -0.39 is 10.1 Å². The van der Waals surface area contributed by atoms with E-state index in [-0.39, 0.29) is 6.61 Å². The molecule has 138 valence electrons. The molecule has 2 aromatic rings. The average molecular weight is 393 g/mol. The fraction of sp³-hybridized carbons (Fsp3) is 0.421. The number of anilines is 1. The Hall–Kier alpha value is -1.63. The van der Waals surface area contributed by atoms with Gasteiger partial charge in [-0.1, -0.05) is 23.3 Å². The molecule has 0 amide bonds. The fourth-order valence-electron chi connectivity index (χ4n) is 4.30. The van der Waals surface area contributed by atoms with E-state index in [9.17, 15) is 8.42 Å². The van der Waals surface area contributed by atoms with E-state index in [2.05, 4.69) is 6.08 Å². The molecule has 5 nitrogen and oxygen atoms in total. The molecular weight excluding hydrogens is 372 g/mol. The van der Waals surface area contributed by atoms with Crippen molar-refractivity contribution >= 4 is 38.3 Å². The first-order valence-corrected chi connectivity index (χ1v) is 10.9. The molecule has 0 saturated carbocycles. The molecule has 4 rings (SSSR count). The summed E-state index contributed by atoms with van der Waals surface area (Å²) in [6.07, 6.45) is 6.78. The lowest BCUT2D eigenvalue weighted by atomic mass is 9.70. The highest BCUT2D eigenvalue weighted by Crippen LogP contribution is 2.47. The summed E-state index contributed by atoms with van der Waals surface area (Å²) in [6.45, 7) is 0.195. The van der Waals surface area contributed by atoms with Crippen LogP contribution in [-0.2, 0) is 20.7 Å². The van der Waals surface area contributed by atoms with Crippen molar-refractivity contribution < 1.29 is 12.6 Å². The van der Waals surface area contributed by atoms with Crippen LogP contribution in [0.3, 0.4) is 0 Å². The number of nitrogens with zero attached hydrogens (tertiary/aromatic N) is 1. The van der Waals surface area contributed by atoms with E-state index in [1.54, 1.807) is 0 Å². The minimum atomic E-state index is -3.39. The number of nitrogens with two attached hydrogens (primary N) is 1. The Kier molecular flexibility index (Phi) is 4.45. The van der Waals surface area contributed by atoms with Crippen LogP contribution in [0.5, 0.6) is 0 Å². The van der Waals surface area contributed by atoms with E-state index in [1.165, 1.54) is 5.57 Å². The molecule has 26 heavy (non-hydrogen) atoms. The average Bonchev–Trinajstić information content (AvgIpc) is 2.52. The summed E-state index contributed by atoms with van der Waals surface area (Å²) in [5, 5.41) is 1.61. The van der Waals surface area contributed by atoms with Crippen molar-refractivity contribution in [3.05, 3.63) is 46.1 Å². The maximum atomic E-state index is 11.1. The maximum Gasteiger partial charge on any atom is 0.264 e. The number of rotatable bonds is 4. The zero-order chi connectivity index (χ0) is 18.5. The summed E-state index contributed by atoms with van der Waals surface area (Å²) in [4.78, 5) is 4.84. The molecule has 2 aliphatic rings. The molecule has 0 radical (unpaired) electrons. The van der Waals surface area contributed by atoms with Gasteiger partial charge in [0.2, 0.25) is 0 Å². The fourth-order valence-corrected chi connectivity index (χ4v) is 4.85. The van der Waals surface area contributed by atoms with Crippen LogP contribution in [0.15, 0.2) is 29.8 Å². The second-order valence-electron chi connectivity index (χ2n) is 7.25. The first kappa shape index (κ1) is 17.8. The number of halogens is 1. The quantitative estimate of drug-likeness (QED) is 0.631. The summed E-state index contributed by atoms with van der Waals surface area (Å²) < 4.78 is 27.2. The highest BCUT2D eigenvalue weighted by molar-refractivity contribution is 7.85. The summed E-state index contributed by atoms with van der Waals surface area (Å²) in [5.74, 6) is 0.743. The number of allylic oxidation sites excluding steroid dienone is 1. The summed E-state index contributed by atoms with van der Waals surface area (Å²) in [5.41, 5.74) is 11.6. The summed E-state index contributed by atoms with van der Waals surface area (Å²) in [6, 6.07) is 5.64. The highest BCUT2D eigenvalue weighted by atomic mass is 35.5. The Morgan fingerprint density at radius 3 is 2.92 bits per heavy atom. The van der Waals surface area contributed by atoms with Crippen LogP contribution in [0, 0.1) is 5.92 Å². The minimum Gasteiger partial charge on any atom is -0.398 e. The molecule has 2 atom stereocenters. The van der Waals surface area contributed by atoms with Gasteiger partial charge in [0.15, 0.2) is 0 Å². The molecule has 1 aromatic heterocycles. The smallest absolute Gasteiger partial charge is 0.264 e. The van der Waals surface area contributed by atoms with Gasteiger partial charge in [-0.2, -0.15) is 8.42 Å². The number of benzene rings is 1. The Balaban J connectivity index is 1.63. The highest BCUT2D eigenvalue weighted by Gasteiger charge is 2.33. The van der Waals surface area contributed by atoms with Gasteiger partial charge >= 0.3 is 0 Å². The van der Waals surface area contributed by atoms with Crippen LogP contribution < -0.4 is 5.73 Å². The molecule has 2 aliphatic carbocycles. The van der Waals surface area contributed by atoms with Gasteiger partial charge in [-0.25, -0.2) is 0 Å². The van der Waals surface area contributed by atoms with Gasteiger partial charge in [-0.3, -0.25) is 9.17 Å². The topological polar surface area (TPSA) is 82.3 Å². The molecule has 0 spiro atoms. The van der Waals surface area contributed by atoms with Gasteiger partial charge in [0.1, 0.15) is 0 Å². The van der Waals surface area contributed by atoms with Gasteiger partial charge in [-0.05, 0) is 55.7 Å². The summed E-state index contributed by atoms with van der Waals surface area (Å²) in [7, 11) is -3.39. The van der Waals surface area contributed by atoms with Crippen molar-refractivity contribution in [2.45, 2.75) is 31.6 Å². The van der Waals surface area contributed by atoms with Crippen molar-refractivity contribution in [3.63, 3.8) is 0 Å². The van der Waals surface area contributed by atoms with Gasteiger partial charge in [0.25, 0.3) is 10.1 Å². The standard InChI is InChI=1S/C19H21ClN2O3S/c1-26(23,24)25-5-4-11-6-12-8-13(7-11)18-17(9-12)22-16-10-14(20)2-3-15(16)19(18)21/h2-3,6,10,12-13H,4-5,7-9H2,1H3,(H2,21,22). The molecule has 2 bridgehead atoms. The predicted octanol–water partition coefficient (Wildman–Crippen LogP) is 3.81. The first-order valence-electron chi connectivity index (χ1n) is 8.71. The molecule has 0 aliphatic heterocycles. The van der Waals surface area contributed by atoms with Crippen molar-refractivity contribution in [2.24, 2.45) is 5.92 Å². The van der Waals surface area contributed by atoms with Gasteiger partial charge in [0, 0.05) is 27.4 Å². The van der Waals surface area contributed by atoms with Crippen LogP contribution in [0.25, 0.3) is 10.9 Å². The number of pyridine rings is 1. The minimum absolute atomic E-state index is 0.195. The number of hydrogen-bond acceptors (Lipinski definition) is 5. The molecule has 2 unspecified atom stereocenters. The third kappa shape index (κ3) is 3.46. The zero-order valence-corrected chi connectivity index (χ0v) is 16.1. The van der Waals surface area contributed by atoms with Crippen LogP contribution in [0.1, 0.15) is 36.4 Å². The Labute approximate surface area is 158 Å². The van der Waals surface area contributed by atoms with E-state index in [0.717, 1.165) is 53.4 Å². The number of fused-ring (bicyclic) bond motifs is 5. The Morgan fingerprint density at radius 2 is 2.15 bits per heavy atom. The Morgan fingerprint density at radius 1 is 1.35 bits per heavy atom. The monoisotopic (exact) mass is 392 g/mol. The number of hydrogen-bond donors (Lipinski definition) is 1. The predicted molar refractivity (Wildman–Crippen MR) is 104 cm³/mol. The molecule has 0 saturated heterocycles. The van der Waals surface area contributed by atoms with E-state index in [4.69, 9.17) is 26.5 Å². The van der Waals surface area contributed by atoms with E-state index in [0.29, 0.717) is 23.3 Å². The van der Waals surface area contributed by atoms with Crippen molar-refractivity contribution in [3.8, 4) is 0 Å². The lowest BCUT2D eigenvalue weighted by molar-refractivity contribution is 0.318. The second-order valence-corrected chi connectivity index (χ2v) is 9.33. The van der Waals surface area contributed by atoms with Crippen molar-refractivity contribution in [1.29, 1.82) is 0 Å². The molecule has 1 heterocycles. The van der Waals surface area contributed by atoms with E-state index in [1.807, 2.05) is 18.2 Å². The molecule has 1 aromatic carbocycles. The van der Waals surface area contributed by atoms with Crippen LogP contribution in [-0.4, -0.2) is 26.3 Å². The molecule has 7 heteroatoms. The van der Waals surface area contributed by atoms with Gasteiger partial charge in [-0.15, -0.1) is 0 Å². The number of aromatic nitrogens is 1.